The summed E-state index contributed by atoms with van der Waals surface area (Å²) in [6.07, 6.45) is 0.399. The number of rotatable bonds is 5. The third-order valence-corrected chi connectivity index (χ3v) is 4.81. The van der Waals surface area contributed by atoms with Gasteiger partial charge in [-0.25, -0.2) is 0 Å². The lowest BCUT2D eigenvalue weighted by molar-refractivity contribution is -0.129. The minimum Gasteiger partial charge on any atom is -0.497 e. The fourth-order valence-corrected chi connectivity index (χ4v) is 3.46. The van der Waals surface area contributed by atoms with Crippen molar-refractivity contribution in [2.45, 2.75) is 12.3 Å². The molecule has 2 N–H and O–H groups in total. The Morgan fingerprint density at radius 3 is 2.67 bits per heavy atom. The predicted molar refractivity (Wildman–Crippen MR) is 95.0 cm³/mol. The number of nitrogens with zero attached hydrogens (tertiary/aromatic N) is 1. The van der Waals surface area contributed by atoms with Gasteiger partial charge in [0.15, 0.2) is 0 Å². The van der Waals surface area contributed by atoms with Crippen LogP contribution in [0.25, 0.3) is 0 Å². The summed E-state index contributed by atoms with van der Waals surface area (Å²) in [5, 5.41) is 0. The first-order chi connectivity index (χ1) is 11.7. The highest BCUT2D eigenvalue weighted by Gasteiger charge is 2.35. The van der Waals surface area contributed by atoms with Crippen molar-refractivity contribution in [3.63, 3.8) is 0 Å². The fraction of sp³-hybridized carbons (Fsp3) is 0.350. The van der Waals surface area contributed by atoms with Crippen molar-refractivity contribution in [2.75, 3.05) is 26.7 Å². The van der Waals surface area contributed by atoms with E-state index in [1.807, 2.05) is 47.4 Å². The van der Waals surface area contributed by atoms with Crippen molar-refractivity contribution in [3.05, 3.63) is 65.7 Å². The monoisotopic (exact) mass is 324 g/mol. The standard InChI is InChI=1S/C20H24N2O2/c1-24-18-9-5-6-15(10-18)11-20(23)22-13-17(12-21)19(14-22)16-7-3-2-4-8-16/h2-10,17,19H,11-14,21H2,1H3/t17-,19+/m1/s1. The zero-order valence-electron chi connectivity index (χ0n) is 14.0. The quantitative estimate of drug-likeness (QED) is 0.919. The van der Waals surface area contributed by atoms with Gasteiger partial charge >= 0.3 is 0 Å². The van der Waals surface area contributed by atoms with Crippen LogP contribution in [0.5, 0.6) is 5.75 Å². The summed E-state index contributed by atoms with van der Waals surface area (Å²) >= 11 is 0. The molecule has 2 aromatic carbocycles. The maximum atomic E-state index is 12.7. The van der Waals surface area contributed by atoms with Gasteiger partial charge in [0.05, 0.1) is 13.5 Å². The van der Waals surface area contributed by atoms with Gasteiger partial charge in [-0.15, -0.1) is 0 Å². The smallest absolute Gasteiger partial charge is 0.227 e. The van der Waals surface area contributed by atoms with Crippen molar-refractivity contribution in [3.8, 4) is 5.75 Å². The minimum atomic E-state index is 0.153. The Bertz CT molecular complexity index is 687. The molecule has 1 aliphatic heterocycles. The number of methoxy groups -OCH3 is 1. The number of nitrogens with two attached hydrogens (primary N) is 1. The molecular weight excluding hydrogens is 300 g/mol. The molecule has 126 valence electrons. The van der Waals surface area contributed by atoms with Gasteiger partial charge in [0.2, 0.25) is 5.91 Å². The molecule has 0 radical (unpaired) electrons. The normalized spacial score (nSPS) is 20.2. The Hall–Kier alpha value is -2.33. The summed E-state index contributed by atoms with van der Waals surface area (Å²) < 4.78 is 5.23. The lowest BCUT2D eigenvalue weighted by Gasteiger charge is -2.17. The lowest BCUT2D eigenvalue weighted by Crippen LogP contribution is -2.31. The van der Waals surface area contributed by atoms with Crippen molar-refractivity contribution in [2.24, 2.45) is 11.7 Å². The van der Waals surface area contributed by atoms with E-state index in [2.05, 4.69) is 12.1 Å². The highest BCUT2D eigenvalue weighted by Crippen LogP contribution is 2.32. The Labute approximate surface area is 143 Å². The average molecular weight is 324 g/mol. The fourth-order valence-electron chi connectivity index (χ4n) is 3.46. The van der Waals surface area contributed by atoms with Crippen molar-refractivity contribution < 1.29 is 9.53 Å². The predicted octanol–water partition coefficient (Wildman–Crippen LogP) is 2.44. The molecule has 1 aliphatic rings. The van der Waals surface area contributed by atoms with E-state index in [-0.39, 0.29) is 5.91 Å². The number of hydrogen-bond acceptors (Lipinski definition) is 3. The molecule has 0 saturated carbocycles. The van der Waals surface area contributed by atoms with Crippen LogP contribution in [0, 0.1) is 5.92 Å². The highest BCUT2D eigenvalue weighted by atomic mass is 16.5. The second-order valence-electron chi connectivity index (χ2n) is 6.34. The Balaban J connectivity index is 1.69. The van der Waals surface area contributed by atoms with Crippen LogP contribution < -0.4 is 10.5 Å². The minimum absolute atomic E-state index is 0.153. The van der Waals surface area contributed by atoms with Crippen LogP contribution in [-0.4, -0.2) is 37.6 Å². The van der Waals surface area contributed by atoms with Crippen LogP contribution in [0.15, 0.2) is 54.6 Å². The summed E-state index contributed by atoms with van der Waals surface area (Å²) in [5.41, 5.74) is 8.21. The van der Waals surface area contributed by atoms with Crippen LogP contribution >= 0.6 is 0 Å². The summed E-state index contributed by atoms with van der Waals surface area (Å²) in [7, 11) is 1.64. The summed E-state index contributed by atoms with van der Waals surface area (Å²) in [6, 6.07) is 18.1. The van der Waals surface area contributed by atoms with Gasteiger partial charge in [0.1, 0.15) is 5.75 Å². The Kier molecular flexibility index (Phi) is 5.16. The summed E-state index contributed by atoms with van der Waals surface area (Å²) in [6.45, 7) is 2.08. The molecule has 1 fully saturated rings. The van der Waals surface area contributed by atoms with E-state index < -0.39 is 0 Å². The molecule has 0 unspecified atom stereocenters. The van der Waals surface area contributed by atoms with Crippen LogP contribution in [0.1, 0.15) is 17.0 Å². The first-order valence-electron chi connectivity index (χ1n) is 8.37. The first kappa shape index (κ1) is 16.5. The van der Waals surface area contributed by atoms with Gasteiger partial charge in [-0.2, -0.15) is 0 Å². The lowest BCUT2D eigenvalue weighted by atomic mass is 9.89. The average Bonchev–Trinajstić information content (AvgIpc) is 3.07. The maximum absolute atomic E-state index is 12.7. The summed E-state index contributed by atoms with van der Waals surface area (Å²) in [4.78, 5) is 14.7. The topological polar surface area (TPSA) is 55.6 Å². The van der Waals surface area contributed by atoms with E-state index in [9.17, 15) is 4.79 Å². The van der Waals surface area contributed by atoms with Crippen molar-refractivity contribution in [1.29, 1.82) is 0 Å². The van der Waals surface area contributed by atoms with E-state index in [4.69, 9.17) is 10.5 Å². The third-order valence-electron chi connectivity index (χ3n) is 4.81. The van der Waals surface area contributed by atoms with E-state index in [1.54, 1.807) is 7.11 Å². The molecule has 1 amide bonds. The molecule has 0 spiro atoms. The molecular formula is C20H24N2O2. The Morgan fingerprint density at radius 2 is 1.96 bits per heavy atom. The zero-order valence-corrected chi connectivity index (χ0v) is 14.0. The van der Waals surface area contributed by atoms with Crippen molar-refractivity contribution >= 4 is 5.91 Å². The molecule has 2 atom stereocenters. The molecule has 4 heteroatoms. The highest BCUT2D eigenvalue weighted by molar-refractivity contribution is 5.79. The molecule has 2 aromatic rings. The molecule has 0 aromatic heterocycles. The number of carbonyl (C=O) groups excluding carboxylic acids is 1. The van der Waals surface area contributed by atoms with Gasteiger partial charge in [-0.1, -0.05) is 42.5 Å². The van der Waals surface area contributed by atoms with Gasteiger partial charge < -0.3 is 15.4 Å². The van der Waals surface area contributed by atoms with E-state index in [0.29, 0.717) is 24.8 Å². The molecule has 4 nitrogen and oxygen atoms in total. The second-order valence-corrected chi connectivity index (χ2v) is 6.34. The molecule has 0 bridgehead atoms. The molecule has 0 aliphatic carbocycles. The number of ether oxygens (including phenoxy) is 1. The largest absolute Gasteiger partial charge is 0.497 e. The molecule has 1 heterocycles. The van der Waals surface area contributed by atoms with E-state index in [1.165, 1.54) is 5.56 Å². The van der Waals surface area contributed by atoms with Crippen LogP contribution in [-0.2, 0) is 11.2 Å². The third kappa shape index (κ3) is 3.60. The Morgan fingerprint density at radius 1 is 1.17 bits per heavy atom. The SMILES string of the molecule is COc1cccc(CC(=O)N2C[C@@H](CN)[C@H](c3ccccc3)C2)c1. The number of likely N-dealkylation sites (tertiary alicyclic amines) is 1. The van der Waals surface area contributed by atoms with Gasteiger partial charge in [0.25, 0.3) is 0 Å². The van der Waals surface area contributed by atoms with Gasteiger partial charge in [0, 0.05) is 19.0 Å². The van der Waals surface area contributed by atoms with Crippen LogP contribution in [0.3, 0.4) is 0 Å². The zero-order chi connectivity index (χ0) is 16.9. The van der Waals surface area contributed by atoms with Gasteiger partial charge in [-0.05, 0) is 35.7 Å². The first-order valence-corrected chi connectivity index (χ1v) is 8.37. The number of amides is 1. The number of carbonyl (C=O) groups is 1. The van der Waals surface area contributed by atoms with Gasteiger partial charge in [-0.3, -0.25) is 4.79 Å². The molecule has 1 saturated heterocycles. The molecule has 3 rings (SSSR count). The second kappa shape index (κ2) is 7.49. The molecule has 24 heavy (non-hydrogen) atoms. The van der Waals surface area contributed by atoms with E-state index >= 15 is 0 Å². The maximum Gasteiger partial charge on any atom is 0.227 e. The van der Waals surface area contributed by atoms with Crippen LogP contribution in [0.4, 0.5) is 0 Å². The number of hydrogen-bond donors (Lipinski definition) is 1. The van der Waals surface area contributed by atoms with Crippen LogP contribution in [0.2, 0.25) is 0 Å². The van der Waals surface area contributed by atoms with E-state index in [0.717, 1.165) is 24.4 Å². The summed E-state index contributed by atoms with van der Waals surface area (Å²) in [5.74, 6) is 1.58. The number of benzene rings is 2. The van der Waals surface area contributed by atoms with Crippen molar-refractivity contribution in [1.82, 2.24) is 4.90 Å².